The van der Waals surface area contributed by atoms with E-state index in [1.165, 1.54) is 0 Å². The minimum Gasteiger partial charge on any atom is -0.396 e. The van der Waals surface area contributed by atoms with Crippen molar-refractivity contribution in [1.82, 2.24) is 15.5 Å². The highest BCUT2D eigenvalue weighted by molar-refractivity contribution is 5.97. The number of aliphatic hydroxyl groups excluding tert-OH is 1. The van der Waals surface area contributed by atoms with E-state index in [0.29, 0.717) is 23.8 Å². The molecule has 0 unspecified atom stereocenters. The molecule has 1 aromatic rings. The third kappa shape index (κ3) is 3.50. The van der Waals surface area contributed by atoms with Gasteiger partial charge < -0.3 is 16.2 Å². The highest BCUT2D eigenvalue weighted by atomic mass is 16.2. The Hall–Kier alpha value is -1.56. The fourth-order valence-corrected chi connectivity index (χ4v) is 2.27. The molecule has 0 aromatic carbocycles. The van der Waals surface area contributed by atoms with Gasteiger partial charge in [0.05, 0.1) is 11.4 Å². The number of nitrogens with one attached hydrogen (secondary N) is 2. The number of hydrogen-bond donors (Lipinski definition) is 4. The number of carbonyl (C=O) groups is 1. The quantitative estimate of drug-likeness (QED) is 0.606. The van der Waals surface area contributed by atoms with Crippen molar-refractivity contribution < 1.29 is 9.90 Å². The Bertz CT molecular complexity index is 478. The van der Waals surface area contributed by atoms with Crippen LogP contribution in [0.25, 0.3) is 0 Å². The number of aromatic amines is 1. The summed E-state index contributed by atoms with van der Waals surface area (Å²) in [5.74, 6) is 0.216. The van der Waals surface area contributed by atoms with Crippen LogP contribution in [-0.4, -0.2) is 34.4 Å². The first-order valence-corrected chi connectivity index (χ1v) is 7.17. The SMILES string of the molecule is CC(C)(CCCO)CNC(=O)c1n[nH]c(C2CC2)c1N. The molecule has 1 aliphatic rings. The van der Waals surface area contributed by atoms with Crippen LogP contribution in [0.2, 0.25) is 0 Å². The maximum Gasteiger partial charge on any atom is 0.273 e. The van der Waals surface area contributed by atoms with Crippen LogP contribution >= 0.6 is 0 Å². The van der Waals surface area contributed by atoms with Crippen molar-refractivity contribution in [2.24, 2.45) is 5.41 Å². The van der Waals surface area contributed by atoms with E-state index < -0.39 is 0 Å². The molecule has 1 aliphatic carbocycles. The molecule has 1 saturated carbocycles. The molecule has 1 heterocycles. The summed E-state index contributed by atoms with van der Waals surface area (Å²) in [6.07, 6.45) is 3.82. The highest BCUT2D eigenvalue weighted by Gasteiger charge is 2.30. The van der Waals surface area contributed by atoms with E-state index in [4.69, 9.17) is 10.8 Å². The standard InChI is InChI=1S/C14H24N4O2/c1-14(2,6-3-7-19)8-16-13(20)12-10(15)11(17-18-12)9-4-5-9/h9,19H,3-8,15H2,1-2H3,(H,16,20)(H,17,18). The van der Waals surface area contributed by atoms with Crippen molar-refractivity contribution in [3.05, 3.63) is 11.4 Å². The first-order chi connectivity index (χ1) is 9.44. The van der Waals surface area contributed by atoms with E-state index >= 15 is 0 Å². The van der Waals surface area contributed by atoms with Gasteiger partial charge in [0.1, 0.15) is 0 Å². The van der Waals surface area contributed by atoms with Gasteiger partial charge in [-0.25, -0.2) is 0 Å². The summed E-state index contributed by atoms with van der Waals surface area (Å²) in [5, 5.41) is 18.7. The number of nitrogens with zero attached hydrogens (tertiary/aromatic N) is 1. The Balaban J connectivity index is 1.91. The summed E-state index contributed by atoms with van der Waals surface area (Å²) >= 11 is 0. The summed E-state index contributed by atoms with van der Waals surface area (Å²) in [7, 11) is 0. The smallest absolute Gasteiger partial charge is 0.273 e. The molecule has 0 radical (unpaired) electrons. The van der Waals surface area contributed by atoms with Crippen molar-refractivity contribution in [3.63, 3.8) is 0 Å². The lowest BCUT2D eigenvalue weighted by molar-refractivity contribution is 0.0929. The van der Waals surface area contributed by atoms with Gasteiger partial charge >= 0.3 is 0 Å². The van der Waals surface area contributed by atoms with Crippen LogP contribution in [-0.2, 0) is 0 Å². The van der Waals surface area contributed by atoms with Crippen molar-refractivity contribution in [1.29, 1.82) is 0 Å². The molecule has 2 rings (SSSR count). The van der Waals surface area contributed by atoms with Gasteiger partial charge in [-0.15, -0.1) is 0 Å². The number of nitrogen functional groups attached to an aromatic ring is 1. The second-order valence-electron chi connectivity index (χ2n) is 6.35. The molecule has 112 valence electrons. The fourth-order valence-electron chi connectivity index (χ4n) is 2.27. The maximum atomic E-state index is 12.1. The van der Waals surface area contributed by atoms with Gasteiger partial charge in [0.2, 0.25) is 0 Å². The molecule has 0 atom stereocenters. The van der Waals surface area contributed by atoms with Crippen molar-refractivity contribution in [2.45, 2.75) is 45.4 Å². The van der Waals surface area contributed by atoms with Crippen molar-refractivity contribution >= 4 is 11.6 Å². The Morgan fingerprint density at radius 2 is 2.25 bits per heavy atom. The van der Waals surface area contributed by atoms with Crippen LogP contribution in [0.5, 0.6) is 0 Å². The summed E-state index contributed by atoms with van der Waals surface area (Å²) in [6.45, 7) is 4.84. The summed E-state index contributed by atoms with van der Waals surface area (Å²) < 4.78 is 0. The van der Waals surface area contributed by atoms with Gasteiger partial charge in [-0.1, -0.05) is 13.8 Å². The van der Waals surface area contributed by atoms with E-state index in [2.05, 4.69) is 29.4 Å². The molecule has 20 heavy (non-hydrogen) atoms. The average molecular weight is 280 g/mol. The third-order valence-corrected chi connectivity index (χ3v) is 3.77. The minimum absolute atomic E-state index is 0.0528. The van der Waals surface area contributed by atoms with Crippen molar-refractivity contribution in [3.8, 4) is 0 Å². The van der Waals surface area contributed by atoms with E-state index in [1.807, 2.05) is 0 Å². The number of rotatable bonds is 7. The van der Waals surface area contributed by atoms with E-state index in [-0.39, 0.29) is 17.9 Å². The summed E-state index contributed by atoms with van der Waals surface area (Å²) in [5.41, 5.74) is 7.60. The Kier molecular flexibility index (Phi) is 4.32. The lowest BCUT2D eigenvalue weighted by Gasteiger charge is -2.24. The van der Waals surface area contributed by atoms with E-state index in [1.54, 1.807) is 0 Å². The number of aliphatic hydroxyl groups is 1. The Morgan fingerprint density at radius 3 is 2.85 bits per heavy atom. The monoisotopic (exact) mass is 280 g/mol. The van der Waals surface area contributed by atoms with Gasteiger partial charge in [-0.05, 0) is 31.1 Å². The van der Waals surface area contributed by atoms with Gasteiger partial charge in [-0.2, -0.15) is 5.10 Å². The Morgan fingerprint density at radius 1 is 1.55 bits per heavy atom. The number of nitrogens with two attached hydrogens (primary N) is 1. The van der Waals surface area contributed by atoms with Crippen LogP contribution in [0, 0.1) is 5.41 Å². The molecule has 1 fully saturated rings. The first-order valence-electron chi connectivity index (χ1n) is 7.17. The lowest BCUT2D eigenvalue weighted by Crippen LogP contribution is -2.34. The van der Waals surface area contributed by atoms with E-state index in [9.17, 15) is 4.79 Å². The van der Waals surface area contributed by atoms with Crippen LogP contribution < -0.4 is 11.1 Å². The Labute approximate surface area is 119 Å². The predicted octanol–water partition coefficient (Wildman–Crippen LogP) is 1.40. The predicted molar refractivity (Wildman–Crippen MR) is 77.4 cm³/mol. The molecule has 6 nitrogen and oxygen atoms in total. The van der Waals surface area contributed by atoms with Gasteiger partial charge in [-0.3, -0.25) is 9.89 Å². The lowest BCUT2D eigenvalue weighted by atomic mass is 9.88. The molecule has 0 saturated heterocycles. The molecule has 1 aromatic heterocycles. The van der Waals surface area contributed by atoms with Crippen LogP contribution in [0.15, 0.2) is 0 Å². The normalized spacial score (nSPS) is 15.3. The zero-order chi connectivity index (χ0) is 14.8. The molecule has 6 heteroatoms. The average Bonchev–Trinajstić information content (AvgIpc) is 3.17. The molecular weight excluding hydrogens is 256 g/mol. The zero-order valence-electron chi connectivity index (χ0n) is 12.2. The van der Waals surface area contributed by atoms with Gasteiger partial charge in [0, 0.05) is 19.1 Å². The maximum absolute atomic E-state index is 12.1. The molecular formula is C14H24N4O2. The van der Waals surface area contributed by atoms with Crippen LogP contribution in [0.1, 0.15) is 61.6 Å². The largest absolute Gasteiger partial charge is 0.396 e. The second-order valence-corrected chi connectivity index (χ2v) is 6.35. The topological polar surface area (TPSA) is 104 Å². The molecule has 1 amide bonds. The number of hydrogen-bond acceptors (Lipinski definition) is 4. The third-order valence-electron chi connectivity index (χ3n) is 3.77. The number of H-pyrrole nitrogens is 1. The minimum atomic E-state index is -0.234. The van der Waals surface area contributed by atoms with E-state index in [0.717, 1.165) is 31.4 Å². The first kappa shape index (κ1) is 14.8. The van der Waals surface area contributed by atoms with Gasteiger partial charge in [0.25, 0.3) is 5.91 Å². The molecule has 5 N–H and O–H groups in total. The number of aromatic nitrogens is 2. The second kappa shape index (κ2) is 5.83. The zero-order valence-corrected chi connectivity index (χ0v) is 12.2. The molecule has 0 spiro atoms. The number of anilines is 1. The highest BCUT2D eigenvalue weighted by Crippen LogP contribution is 2.42. The number of carbonyl (C=O) groups excluding carboxylic acids is 1. The molecule has 0 aliphatic heterocycles. The fraction of sp³-hybridized carbons (Fsp3) is 0.714. The van der Waals surface area contributed by atoms with Gasteiger partial charge in [0.15, 0.2) is 5.69 Å². The summed E-state index contributed by atoms with van der Waals surface area (Å²) in [4.78, 5) is 12.1. The van der Waals surface area contributed by atoms with Crippen LogP contribution in [0.3, 0.4) is 0 Å². The van der Waals surface area contributed by atoms with Crippen molar-refractivity contribution in [2.75, 3.05) is 18.9 Å². The molecule has 0 bridgehead atoms. The number of amides is 1. The summed E-state index contributed by atoms with van der Waals surface area (Å²) in [6, 6.07) is 0. The van der Waals surface area contributed by atoms with Crippen LogP contribution in [0.4, 0.5) is 5.69 Å².